The molecule has 3 rings (SSSR count). The zero-order valence-corrected chi connectivity index (χ0v) is 11.9. The summed E-state index contributed by atoms with van der Waals surface area (Å²) < 4.78 is 2.94. The summed E-state index contributed by atoms with van der Waals surface area (Å²) in [5.41, 5.74) is 1.95. The van der Waals surface area contributed by atoms with Gasteiger partial charge in [0.15, 0.2) is 10.4 Å². The number of imidazole rings is 1. The predicted molar refractivity (Wildman–Crippen MR) is 76.7 cm³/mol. The van der Waals surface area contributed by atoms with Gasteiger partial charge < -0.3 is 4.98 Å². The Labute approximate surface area is 116 Å². The molecule has 96 valence electrons. The van der Waals surface area contributed by atoms with Crippen LogP contribution in [0.1, 0.15) is 39.0 Å². The van der Waals surface area contributed by atoms with Crippen LogP contribution < -0.4 is 0 Å². The normalized spacial score (nSPS) is 19.2. The van der Waals surface area contributed by atoms with Crippen LogP contribution >= 0.6 is 23.8 Å². The van der Waals surface area contributed by atoms with Crippen molar-refractivity contribution in [3.63, 3.8) is 0 Å². The summed E-state index contributed by atoms with van der Waals surface area (Å²) in [6, 6.07) is 1.89. The zero-order valence-electron chi connectivity index (χ0n) is 10.4. The lowest BCUT2D eigenvalue weighted by Gasteiger charge is -2.35. The van der Waals surface area contributed by atoms with Crippen molar-refractivity contribution in [1.82, 2.24) is 14.5 Å². The number of aromatic nitrogens is 3. The minimum Gasteiger partial charge on any atom is -0.329 e. The standard InChI is InChI=1S/C13H16ClN3S/c1-13(5-3-2-4-6-13)17-11-10(16-12(17)18)7-9(14)8-15-11/h7-8H,2-6H2,1H3,(H,16,18). The fourth-order valence-corrected chi connectivity index (χ4v) is 3.58. The third-order valence-corrected chi connectivity index (χ3v) is 4.45. The van der Waals surface area contributed by atoms with E-state index in [1.165, 1.54) is 32.1 Å². The Balaban J connectivity index is 2.22. The number of fused-ring (bicyclic) bond motifs is 1. The number of hydrogen-bond donors (Lipinski definition) is 1. The van der Waals surface area contributed by atoms with Crippen molar-refractivity contribution < 1.29 is 0 Å². The van der Waals surface area contributed by atoms with Gasteiger partial charge in [-0.3, -0.25) is 4.57 Å². The summed E-state index contributed by atoms with van der Waals surface area (Å²) in [6.07, 6.45) is 7.87. The van der Waals surface area contributed by atoms with Crippen LogP contribution in [0.15, 0.2) is 12.3 Å². The SMILES string of the molecule is CC1(n2c(=S)[nH]c3cc(Cl)cnc32)CCCCC1. The third-order valence-electron chi connectivity index (χ3n) is 3.96. The van der Waals surface area contributed by atoms with Crippen LogP contribution in [0, 0.1) is 4.77 Å². The number of nitrogens with one attached hydrogen (secondary N) is 1. The van der Waals surface area contributed by atoms with Crippen LogP contribution in [-0.2, 0) is 5.54 Å². The van der Waals surface area contributed by atoms with Crippen molar-refractivity contribution in [3.8, 4) is 0 Å². The fraction of sp³-hybridized carbons (Fsp3) is 0.538. The largest absolute Gasteiger partial charge is 0.329 e. The van der Waals surface area contributed by atoms with E-state index in [2.05, 4.69) is 21.5 Å². The topological polar surface area (TPSA) is 33.6 Å². The number of hydrogen-bond acceptors (Lipinski definition) is 2. The lowest BCUT2D eigenvalue weighted by Crippen LogP contribution is -2.32. The summed E-state index contributed by atoms with van der Waals surface area (Å²) >= 11 is 11.4. The van der Waals surface area contributed by atoms with E-state index in [-0.39, 0.29) is 5.54 Å². The second-order valence-corrected chi connectivity index (χ2v) is 6.17. The van der Waals surface area contributed by atoms with Gasteiger partial charge in [0.2, 0.25) is 0 Å². The summed E-state index contributed by atoms with van der Waals surface area (Å²) in [5.74, 6) is 0. The molecule has 0 unspecified atom stereocenters. The molecule has 18 heavy (non-hydrogen) atoms. The molecule has 1 aliphatic rings. The summed E-state index contributed by atoms with van der Waals surface area (Å²) in [4.78, 5) is 7.68. The summed E-state index contributed by atoms with van der Waals surface area (Å²) in [5, 5.41) is 0.639. The number of H-pyrrole nitrogens is 1. The Bertz CT molecular complexity index is 637. The predicted octanol–water partition coefficient (Wildman–Crippen LogP) is 4.43. The molecule has 0 bridgehead atoms. The lowest BCUT2D eigenvalue weighted by molar-refractivity contribution is 0.221. The van der Waals surface area contributed by atoms with Gasteiger partial charge in [0, 0.05) is 11.7 Å². The van der Waals surface area contributed by atoms with E-state index in [9.17, 15) is 0 Å². The highest BCUT2D eigenvalue weighted by Gasteiger charge is 2.31. The smallest absolute Gasteiger partial charge is 0.179 e. The van der Waals surface area contributed by atoms with Crippen molar-refractivity contribution in [1.29, 1.82) is 0 Å². The van der Waals surface area contributed by atoms with E-state index in [4.69, 9.17) is 23.8 Å². The molecule has 0 aliphatic heterocycles. The Morgan fingerprint density at radius 3 is 2.83 bits per heavy atom. The van der Waals surface area contributed by atoms with E-state index in [1.54, 1.807) is 6.20 Å². The number of rotatable bonds is 1. The van der Waals surface area contributed by atoms with Gasteiger partial charge in [-0.1, -0.05) is 30.9 Å². The van der Waals surface area contributed by atoms with Gasteiger partial charge in [-0.25, -0.2) is 4.98 Å². The van der Waals surface area contributed by atoms with Crippen molar-refractivity contribution in [3.05, 3.63) is 22.1 Å². The number of aromatic amines is 1. The Kier molecular flexibility index (Phi) is 2.94. The van der Waals surface area contributed by atoms with Crippen molar-refractivity contribution in [2.45, 2.75) is 44.6 Å². The zero-order chi connectivity index (χ0) is 12.8. The maximum Gasteiger partial charge on any atom is 0.179 e. The molecule has 0 saturated heterocycles. The second-order valence-electron chi connectivity index (χ2n) is 5.35. The fourth-order valence-electron chi connectivity index (χ4n) is 3.01. The first-order valence-corrected chi connectivity index (χ1v) is 7.16. The highest BCUT2D eigenvalue weighted by Crippen LogP contribution is 2.36. The Morgan fingerprint density at radius 2 is 2.11 bits per heavy atom. The van der Waals surface area contributed by atoms with Gasteiger partial charge in [0.1, 0.15) is 0 Å². The highest BCUT2D eigenvalue weighted by atomic mass is 35.5. The molecule has 0 radical (unpaired) electrons. The maximum absolute atomic E-state index is 5.97. The second kappa shape index (κ2) is 4.35. The van der Waals surface area contributed by atoms with Gasteiger partial charge in [-0.05, 0) is 38.0 Å². The molecule has 1 N–H and O–H groups in total. The molecular weight excluding hydrogens is 266 g/mol. The number of nitrogens with zero attached hydrogens (tertiary/aromatic N) is 2. The number of pyridine rings is 1. The van der Waals surface area contributed by atoms with E-state index >= 15 is 0 Å². The average Bonchev–Trinajstić information content (AvgIpc) is 2.65. The van der Waals surface area contributed by atoms with Gasteiger partial charge in [0.05, 0.1) is 10.5 Å². The average molecular weight is 282 g/mol. The minimum absolute atomic E-state index is 0.0917. The molecule has 0 atom stereocenters. The van der Waals surface area contributed by atoms with Crippen LogP contribution in [0.5, 0.6) is 0 Å². The molecular formula is C13H16ClN3S. The van der Waals surface area contributed by atoms with Crippen LogP contribution in [-0.4, -0.2) is 14.5 Å². The van der Waals surface area contributed by atoms with E-state index < -0.39 is 0 Å². The minimum atomic E-state index is 0.0917. The summed E-state index contributed by atoms with van der Waals surface area (Å²) in [6.45, 7) is 2.28. The monoisotopic (exact) mass is 281 g/mol. The van der Waals surface area contributed by atoms with Crippen LogP contribution in [0.3, 0.4) is 0 Å². The molecule has 1 saturated carbocycles. The van der Waals surface area contributed by atoms with Gasteiger partial charge >= 0.3 is 0 Å². The van der Waals surface area contributed by atoms with Crippen molar-refractivity contribution in [2.75, 3.05) is 0 Å². The molecule has 0 spiro atoms. The lowest BCUT2D eigenvalue weighted by atomic mass is 9.83. The molecule has 3 nitrogen and oxygen atoms in total. The number of halogens is 1. The third kappa shape index (κ3) is 1.88. The van der Waals surface area contributed by atoms with Crippen LogP contribution in [0.4, 0.5) is 0 Å². The first kappa shape index (κ1) is 12.2. The van der Waals surface area contributed by atoms with E-state index in [1.807, 2.05) is 6.07 Å². The Hall–Kier alpha value is -0.870. The van der Waals surface area contributed by atoms with Gasteiger partial charge in [-0.15, -0.1) is 0 Å². The first-order chi connectivity index (χ1) is 8.60. The molecule has 0 aromatic carbocycles. The van der Waals surface area contributed by atoms with Crippen molar-refractivity contribution in [2.24, 2.45) is 0 Å². The summed E-state index contributed by atoms with van der Waals surface area (Å²) in [7, 11) is 0. The molecule has 1 aliphatic carbocycles. The van der Waals surface area contributed by atoms with Gasteiger partial charge in [0.25, 0.3) is 0 Å². The van der Waals surface area contributed by atoms with E-state index in [0.717, 1.165) is 15.9 Å². The van der Waals surface area contributed by atoms with Gasteiger partial charge in [-0.2, -0.15) is 0 Å². The molecule has 2 heterocycles. The molecule has 2 aromatic heterocycles. The van der Waals surface area contributed by atoms with Crippen LogP contribution in [0.2, 0.25) is 5.02 Å². The van der Waals surface area contributed by atoms with Crippen molar-refractivity contribution >= 4 is 35.0 Å². The molecule has 0 amide bonds. The van der Waals surface area contributed by atoms with Crippen LogP contribution in [0.25, 0.3) is 11.2 Å². The van der Waals surface area contributed by atoms with E-state index in [0.29, 0.717) is 5.02 Å². The molecule has 5 heteroatoms. The maximum atomic E-state index is 5.97. The first-order valence-electron chi connectivity index (χ1n) is 6.37. The Morgan fingerprint density at radius 1 is 1.39 bits per heavy atom. The molecule has 1 fully saturated rings. The quantitative estimate of drug-likeness (QED) is 0.785. The molecule has 2 aromatic rings. The highest BCUT2D eigenvalue weighted by molar-refractivity contribution is 7.71.